The normalized spacial score (nSPS) is 24.8. The Hall–Kier alpha value is -2.26. The van der Waals surface area contributed by atoms with Crippen molar-refractivity contribution in [3.8, 4) is 0 Å². The van der Waals surface area contributed by atoms with E-state index in [2.05, 4.69) is 20.2 Å². The van der Waals surface area contributed by atoms with Crippen molar-refractivity contribution in [2.45, 2.75) is 50.8 Å². The maximum Gasteiger partial charge on any atom is 0.270 e. The first-order valence-electron chi connectivity index (χ1n) is 9.74. The lowest BCUT2D eigenvalue weighted by atomic mass is 10.1. The van der Waals surface area contributed by atoms with Crippen LogP contribution in [0, 0.1) is 0 Å². The summed E-state index contributed by atoms with van der Waals surface area (Å²) >= 11 is 0. The molecule has 2 amide bonds. The van der Waals surface area contributed by atoms with E-state index in [0.717, 1.165) is 18.7 Å². The zero-order valence-corrected chi connectivity index (χ0v) is 17.0. The van der Waals surface area contributed by atoms with Crippen LogP contribution in [0.1, 0.15) is 48.8 Å². The minimum atomic E-state index is -0.235. The van der Waals surface area contributed by atoms with Gasteiger partial charge >= 0.3 is 0 Å². The molecular weight excluding hydrogens is 360 g/mol. The molecule has 2 aliphatic rings. The number of fused-ring (bicyclic) bond motifs is 1. The largest absolute Gasteiger partial charge is 0.375 e. The predicted molar refractivity (Wildman–Crippen MR) is 105 cm³/mol. The van der Waals surface area contributed by atoms with Crippen LogP contribution in [0.5, 0.6) is 0 Å². The molecule has 0 aliphatic carbocycles. The number of carbonyl (C=O) groups excluding carboxylic acids is 2. The van der Waals surface area contributed by atoms with Crippen molar-refractivity contribution in [3.05, 3.63) is 17.5 Å². The van der Waals surface area contributed by atoms with Gasteiger partial charge in [-0.05, 0) is 18.4 Å². The van der Waals surface area contributed by atoms with Gasteiger partial charge in [-0.25, -0.2) is 9.97 Å². The van der Waals surface area contributed by atoms with E-state index in [0.29, 0.717) is 25.3 Å². The Bertz CT molecular complexity index is 738. The zero-order valence-electron chi connectivity index (χ0n) is 17.0. The quantitative estimate of drug-likeness (QED) is 0.740. The molecule has 3 rings (SSSR count). The number of nitrogens with zero attached hydrogens (tertiary/aromatic N) is 4. The summed E-state index contributed by atoms with van der Waals surface area (Å²) < 4.78 is 5.87. The highest BCUT2D eigenvalue weighted by atomic mass is 16.5. The van der Waals surface area contributed by atoms with Gasteiger partial charge in [-0.3, -0.25) is 14.5 Å². The third kappa shape index (κ3) is 4.77. The van der Waals surface area contributed by atoms with Crippen molar-refractivity contribution >= 4 is 17.8 Å². The van der Waals surface area contributed by atoms with Crippen LogP contribution in [0.25, 0.3) is 0 Å². The minimum Gasteiger partial charge on any atom is -0.375 e. The van der Waals surface area contributed by atoms with Crippen LogP contribution >= 0.6 is 0 Å². The smallest absolute Gasteiger partial charge is 0.270 e. The van der Waals surface area contributed by atoms with Crippen molar-refractivity contribution in [1.82, 2.24) is 25.1 Å². The van der Waals surface area contributed by atoms with Gasteiger partial charge in [0.05, 0.1) is 19.1 Å². The number of hydrogen-bond acceptors (Lipinski definition) is 7. The van der Waals surface area contributed by atoms with Crippen LogP contribution in [0.2, 0.25) is 0 Å². The van der Waals surface area contributed by atoms with Crippen molar-refractivity contribution in [2.75, 3.05) is 39.5 Å². The SMILES string of the molecule is CC(C)c1cc(C(=O)N[C@@H]2C[C@H]3CO[C@@H](CC(=O)N(C)C)CN3C2)nc(N)n1. The van der Waals surface area contributed by atoms with E-state index in [9.17, 15) is 9.59 Å². The molecule has 28 heavy (non-hydrogen) atoms. The van der Waals surface area contributed by atoms with Gasteiger partial charge < -0.3 is 20.7 Å². The van der Waals surface area contributed by atoms with E-state index in [1.54, 1.807) is 25.1 Å². The molecule has 9 nitrogen and oxygen atoms in total. The number of aromatic nitrogens is 2. The fraction of sp³-hybridized carbons (Fsp3) is 0.684. The van der Waals surface area contributed by atoms with Crippen LogP contribution in [-0.4, -0.2) is 83.6 Å². The molecule has 2 fully saturated rings. The highest BCUT2D eigenvalue weighted by Gasteiger charge is 2.38. The Morgan fingerprint density at radius 3 is 2.79 bits per heavy atom. The molecule has 0 unspecified atom stereocenters. The Kier molecular flexibility index (Phi) is 6.14. The molecule has 3 N–H and O–H groups in total. The van der Waals surface area contributed by atoms with E-state index < -0.39 is 0 Å². The summed E-state index contributed by atoms with van der Waals surface area (Å²) in [4.78, 5) is 36.7. The van der Waals surface area contributed by atoms with E-state index in [4.69, 9.17) is 10.5 Å². The van der Waals surface area contributed by atoms with E-state index in [1.807, 2.05) is 13.8 Å². The number of nitrogens with one attached hydrogen (secondary N) is 1. The molecule has 2 saturated heterocycles. The number of morpholine rings is 1. The molecular formula is C19H30N6O3. The lowest BCUT2D eigenvalue weighted by Gasteiger charge is -2.35. The van der Waals surface area contributed by atoms with Crippen LogP contribution in [0.3, 0.4) is 0 Å². The first-order chi connectivity index (χ1) is 13.2. The number of carbonyl (C=O) groups is 2. The Balaban J connectivity index is 1.57. The molecule has 3 atom stereocenters. The van der Waals surface area contributed by atoms with Crippen LogP contribution in [-0.2, 0) is 9.53 Å². The Morgan fingerprint density at radius 1 is 1.36 bits per heavy atom. The van der Waals surface area contributed by atoms with Gasteiger partial charge in [-0.15, -0.1) is 0 Å². The molecule has 0 spiro atoms. The number of ether oxygens (including phenoxy) is 1. The van der Waals surface area contributed by atoms with Crippen LogP contribution in [0.15, 0.2) is 6.07 Å². The first-order valence-corrected chi connectivity index (χ1v) is 9.74. The molecule has 9 heteroatoms. The average Bonchev–Trinajstić information content (AvgIpc) is 3.02. The fourth-order valence-electron chi connectivity index (χ4n) is 3.70. The number of rotatable bonds is 5. The topological polar surface area (TPSA) is 114 Å². The summed E-state index contributed by atoms with van der Waals surface area (Å²) in [6.45, 7) is 6.01. The first kappa shape index (κ1) is 20.5. The number of hydrogen-bond donors (Lipinski definition) is 2. The fourth-order valence-corrected chi connectivity index (χ4v) is 3.70. The lowest BCUT2D eigenvalue weighted by molar-refractivity contribution is -0.134. The standard InChI is InChI=1S/C19H30N6O3/c1-11(2)15-7-16(23-19(20)22-15)18(27)21-12-5-13-10-28-14(9-25(13)8-12)6-17(26)24(3)4/h7,11-14H,5-6,8-10H2,1-4H3,(H,21,27)(H2,20,22,23)/t12-,13+,14+/m1/s1. The summed E-state index contributed by atoms with van der Waals surface area (Å²) in [7, 11) is 3.50. The monoisotopic (exact) mass is 390 g/mol. The molecule has 0 bridgehead atoms. The van der Waals surface area contributed by atoms with Crippen molar-refractivity contribution in [2.24, 2.45) is 0 Å². The van der Waals surface area contributed by atoms with Crippen molar-refractivity contribution < 1.29 is 14.3 Å². The summed E-state index contributed by atoms with van der Waals surface area (Å²) in [5, 5.41) is 3.06. The number of nitrogens with two attached hydrogens (primary N) is 1. The summed E-state index contributed by atoms with van der Waals surface area (Å²) in [6.07, 6.45) is 1.10. The van der Waals surface area contributed by atoms with Gasteiger partial charge in [0.15, 0.2) is 0 Å². The molecule has 2 aliphatic heterocycles. The second-order valence-electron chi connectivity index (χ2n) is 8.15. The number of anilines is 1. The highest BCUT2D eigenvalue weighted by Crippen LogP contribution is 2.25. The average molecular weight is 390 g/mol. The lowest BCUT2D eigenvalue weighted by Crippen LogP contribution is -2.47. The van der Waals surface area contributed by atoms with Gasteiger partial charge in [0.25, 0.3) is 5.91 Å². The highest BCUT2D eigenvalue weighted by molar-refractivity contribution is 5.92. The van der Waals surface area contributed by atoms with Gasteiger partial charge in [0, 0.05) is 45.0 Å². The predicted octanol–water partition coefficient (Wildman–Crippen LogP) is 0.232. The van der Waals surface area contributed by atoms with Gasteiger partial charge in [0.1, 0.15) is 5.69 Å². The molecule has 1 aromatic rings. The zero-order chi connectivity index (χ0) is 20.4. The Morgan fingerprint density at radius 2 is 2.11 bits per heavy atom. The van der Waals surface area contributed by atoms with Gasteiger partial charge in [-0.2, -0.15) is 0 Å². The summed E-state index contributed by atoms with van der Waals surface area (Å²) in [5.41, 5.74) is 6.81. The minimum absolute atomic E-state index is 0.0168. The third-order valence-corrected chi connectivity index (χ3v) is 5.31. The molecule has 0 aromatic carbocycles. The van der Waals surface area contributed by atoms with Gasteiger partial charge in [-0.1, -0.05) is 13.8 Å². The van der Waals surface area contributed by atoms with Crippen molar-refractivity contribution in [3.63, 3.8) is 0 Å². The molecule has 3 heterocycles. The number of amides is 2. The van der Waals surface area contributed by atoms with Crippen LogP contribution < -0.4 is 11.1 Å². The van der Waals surface area contributed by atoms with E-state index in [1.165, 1.54) is 0 Å². The van der Waals surface area contributed by atoms with E-state index >= 15 is 0 Å². The summed E-state index contributed by atoms with van der Waals surface area (Å²) in [6, 6.07) is 1.98. The molecule has 1 aromatic heterocycles. The molecule has 0 radical (unpaired) electrons. The van der Waals surface area contributed by atoms with Gasteiger partial charge in [0.2, 0.25) is 11.9 Å². The second kappa shape index (κ2) is 8.40. The third-order valence-electron chi connectivity index (χ3n) is 5.31. The Labute approximate surface area is 165 Å². The maximum absolute atomic E-state index is 12.7. The molecule has 0 saturated carbocycles. The number of nitrogen functional groups attached to an aromatic ring is 1. The van der Waals surface area contributed by atoms with Crippen molar-refractivity contribution in [1.29, 1.82) is 0 Å². The maximum atomic E-state index is 12.7. The summed E-state index contributed by atoms with van der Waals surface area (Å²) in [5.74, 6) is 0.106. The van der Waals surface area contributed by atoms with Crippen LogP contribution in [0.4, 0.5) is 5.95 Å². The van der Waals surface area contributed by atoms with E-state index in [-0.39, 0.29) is 41.9 Å². The molecule has 154 valence electrons. The second-order valence-corrected chi connectivity index (χ2v) is 8.15.